The summed E-state index contributed by atoms with van der Waals surface area (Å²) >= 11 is 0. The van der Waals surface area contributed by atoms with Gasteiger partial charge in [-0.05, 0) is 11.6 Å². The van der Waals surface area contributed by atoms with Crippen molar-refractivity contribution in [2.75, 3.05) is 5.73 Å². The summed E-state index contributed by atoms with van der Waals surface area (Å²) in [6.07, 6.45) is -2.85. The standard InChI is InChI=1S/C9H10F2N4/c10-8(11)7-5(1-2-12)3-6(4-13)15-9(7)14/h3,8H,1,4,13H2,(H2,14,15). The molecule has 0 radical (unpaired) electrons. The van der Waals surface area contributed by atoms with Crippen molar-refractivity contribution in [3.63, 3.8) is 0 Å². The van der Waals surface area contributed by atoms with Crippen LogP contribution in [0.3, 0.4) is 0 Å². The van der Waals surface area contributed by atoms with E-state index in [4.69, 9.17) is 16.7 Å². The fourth-order valence-electron chi connectivity index (χ4n) is 1.28. The number of hydrogen-bond acceptors (Lipinski definition) is 4. The van der Waals surface area contributed by atoms with E-state index >= 15 is 0 Å². The van der Waals surface area contributed by atoms with Crippen molar-refractivity contribution in [2.24, 2.45) is 5.73 Å². The van der Waals surface area contributed by atoms with Crippen LogP contribution in [0.2, 0.25) is 0 Å². The van der Waals surface area contributed by atoms with Crippen LogP contribution in [0.25, 0.3) is 0 Å². The Morgan fingerprint density at radius 1 is 1.53 bits per heavy atom. The summed E-state index contributed by atoms with van der Waals surface area (Å²) in [6.45, 7) is 0.103. The van der Waals surface area contributed by atoms with E-state index in [1.165, 1.54) is 6.07 Å². The first-order chi connectivity index (χ1) is 7.10. The minimum Gasteiger partial charge on any atom is -0.383 e. The number of pyridine rings is 1. The molecular weight excluding hydrogens is 202 g/mol. The molecule has 0 atom stereocenters. The summed E-state index contributed by atoms with van der Waals surface area (Å²) in [5.41, 5.74) is 10.9. The third kappa shape index (κ3) is 2.39. The van der Waals surface area contributed by atoms with Gasteiger partial charge in [0, 0.05) is 6.54 Å². The summed E-state index contributed by atoms with van der Waals surface area (Å²) in [7, 11) is 0. The summed E-state index contributed by atoms with van der Waals surface area (Å²) in [5, 5.41) is 8.49. The molecule has 6 heteroatoms. The van der Waals surface area contributed by atoms with E-state index in [1.54, 1.807) is 6.07 Å². The van der Waals surface area contributed by atoms with Gasteiger partial charge in [0.1, 0.15) is 5.82 Å². The molecular formula is C9H10F2N4. The first-order valence-electron chi connectivity index (χ1n) is 4.23. The van der Waals surface area contributed by atoms with Gasteiger partial charge in [-0.15, -0.1) is 0 Å². The molecule has 0 aliphatic heterocycles. The number of aromatic nitrogens is 1. The highest BCUT2D eigenvalue weighted by Gasteiger charge is 2.18. The Morgan fingerprint density at radius 2 is 2.20 bits per heavy atom. The smallest absolute Gasteiger partial charge is 0.267 e. The van der Waals surface area contributed by atoms with Gasteiger partial charge in [0.25, 0.3) is 6.43 Å². The number of rotatable bonds is 3. The van der Waals surface area contributed by atoms with E-state index < -0.39 is 6.43 Å². The second kappa shape index (κ2) is 4.66. The molecule has 15 heavy (non-hydrogen) atoms. The van der Waals surface area contributed by atoms with E-state index in [2.05, 4.69) is 4.98 Å². The number of nitriles is 1. The van der Waals surface area contributed by atoms with E-state index in [1.807, 2.05) is 0 Å². The van der Waals surface area contributed by atoms with Crippen LogP contribution in [-0.4, -0.2) is 4.98 Å². The maximum Gasteiger partial charge on any atom is 0.267 e. The largest absolute Gasteiger partial charge is 0.383 e. The van der Waals surface area contributed by atoms with Crippen LogP contribution in [-0.2, 0) is 13.0 Å². The molecule has 0 saturated heterocycles. The second-order valence-corrected chi connectivity index (χ2v) is 2.91. The van der Waals surface area contributed by atoms with Crippen molar-refractivity contribution < 1.29 is 8.78 Å². The van der Waals surface area contributed by atoms with Crippen LogP contribution in [0.15, 0.2) is 6.07 Å². The predicted octanol–water partition coefficient (Wildman–Crippen LogP) is 1.13. The second-order valence-electron chi connectivity index (χ2n) is 2.91. The number of anilines is 1. The molecule has 0 spiro atoms. The van der Waals surface area contributed by atoms with Crippen LogP contribution in [0.4, 0.5) is 14.6 Å². The molecule has 4 nitrogen and oxygen atoms in total. The number of halogens is 2. The molecule has 0 aliphatic rings. The van der Waals surface area contributed by atoms with Crippen LogP contribution < -0.4 is 11.5 Å². The van der Waals surface area contributed by atoms with Gasteiger partial charge in [0.2, 0.25) is 0 Å². The average molecular weight is 212 g/mol. The number of nitrogens with two attached hydrogens (primary N) is 2. The Kier molecular flexibility index (Phi) is 3.52. The van der Waals surface area contributed by atoms with Crippen molar-refractivity contribution in [1.29, 1.82) is 5.26 Å². The van der Waals surface area contributed by atoms with Crippen LogP contribution in [0.1, 0.15) is 23.2 Å². The lowest BCUT2D eigenvalue weighted by Gasteiger charge is -2.10. The van der Waals surface area contributed by atoms with E-state index in [9.17, 15) is 8.78 Å². The van der Waals surface area contributed by atoms with Crippen molar-refractivity contribution in [3.8, 4) is 6.07 Å². The first kappa shape index (κ1) is 11.3. The molecule has 0 saturated carbocycles. The van der Waals surface area contributed by atoms with Gasteiger partial charge >= 0.3 is 0 Å². The minimum atomic E-state index is -2.73. The molecule has 1 heterocycles. The third-order valence-corrected chi connectivity index (χ3v) is 1.92. The zero-order valence-electron chi connectivity index (χ0n) is 7.87. The molecule has 1 aromatic rings. The zero-order valence-corrected chi connectivity index (χ0v) is 7.87. The topological polar surface area (TPSA) is 88.7 Å². The van der Waals surface area contributed by atoms with Gasteiger partial charge in [-0.25, -0.2) is 13.8 Å². The zero-order chi connectivity index (χ0) is 11.4. The summed E-state index contributed by atoms with van der Waals surface area (Å²) in [4.78, 5) is 3.72. The number of alkyl halides is 2. The highest BCUT2D eigenvalue weighted by Crippen LogP contribution is 2.28. The quantitative estimate of drug-likeness (QED) is 0.785. The fourth-order valence-corrected chi connectivity index (χ4v) is 1.28. The third-order valence-electron chi connectivity index (χ3n) is 1.92. The van der Waals surface area contributed by atoms with Crippen molar-refractivity contribution in [2.45, 2.75) is 19.4 Å². The fraction of sp³-hybridized carbons (Fsp3) is 0.333. The Bertz CT molecular complexity index is 398. The van der Waals surface area contributed by atoms with Crippen LogP contribution >= 0.6 is 0 Å². The molecule has 1 rings (SSSR count). The Balaban J connectivity index is 3.30. The van der Waals surface area contributed by atoms with Gasteiger partial charge < -0.3 is 11.5 Å². The van der Waals surface area contributed by atoms with Gasteiger partial charge in [0.15, 0.2) is 0 Å². The highest BCUT2D eigenvalue weighted by atomic mass is 19.3. The molecule has 0 unspecified atom stereocenters. The summed E-state index contributed by atoms with van der Waals surface area (Å²) in [6, 6.07) is 3.19. The predicted molar refractivity (Wildman–Crippen MR) is 50.8 cm³/mol. The van der Waals surface area contributed by atoms with Gasteiger partial charge in [0.05, 0.1) is 23.7 Å². The van der Waals surface area contributed by atoms with Crippen molar-refractivity contribution in [3.05, 3.63) is 22.9 Å². The van der Waals surface area contributed by atoms with Gasteiger partial charge in [-0.2, -0.15) is 5.26 Å². The molecule has 0 bridgehead atoms. The summed E-state index contributed by atoms with van der Waals surface area (Å²) in [5.74, 6) is -0.252. The molecule has 0 fully saturated rings. The number of nitrogen functional groups attached to an aromatic ring is 1. The molecule has 0 amide bonds. The van der Waals surface area contributed by atoms with E-state index in [-0.39, 0.29) is 29.9 Å². The lowest BCUT2D eigenvalue weighted by molar-refractivity contribution is 0.151. The lowest BCUT2D eigenvalue weighted by atomic mass is 10.1. The maximum atomic E-state index is 12.6. The van der Waals surface area contributed by atoms with Crippen LogP contribution in [0.5, 0.6) is 0 Å². The number of hydrogen-bond donors (Lipinski definition) is 2. The number of nitrogens with zero attached hydrogens (tertiary/aromatic N) is 2. The Labute approximate surface area is 85.5 Å². The van der Waals surface area contributed by atoms with E-state index in [0.717, 1.165) is 0 Å². The normalized spacial score (nSPS) is 10.3. The molecule has 0 aliphatic carbocycles. The Morgan fingerprint density at radius 3 is 2.67 bits per heavy atom. The van der Waals surface area contributed by atoms with Crippen molar-refractivity contribution in [1.82, 2.24) is 4.98 Å². The minimum absolute atomic E-state index is 0.103. The summed E-state index contributed by atoms with van der Waals surface area (Å²) < 4.78 is 25.2. The van der Waals surface area contributed by atoms with E-state index in [0.29, 0.717) is 5.69 Å². The molecule has 0 aromatic carbocycles. The van der Waals surface area contributed by atoms with Gasteiger partial charge in [-0.3, -0.25) is 0 Å². The molecule has 1 aromatic heterocycles. The SMILES string of the molecule is N#CCc1cc(CN)nc(N)c1C(F)F. The lowest BCUT2D eigenvalue weighted by Crippen LogP contribution is -2.08. The van der Waals surface area contributed by atoms with Gasteiger partial charge in [-0.1, -0.05) is 0 Å². The highest BCUT2D eigenvalue weighted by molar-refractivity contribution is 5.47. The monoisotopic (exact) mass is 212 g/mol. The maximum absolute atomic E-state index is 12.6. The average Bonchev–Trinajstić information content (AvgIpc) is 2.16. The Hall–Kier alpha value is -1.74. The molecule has 80 valence electrons. The first-order valence-corrected chi connectivity index (χ1v) is 4.23. The van der Waals surface area contributed by atoms with Crippen LogP contribution in [0, 0.1) is 11.3 Å². The molecule has 4 N–H and O–H groups in total. The van der Waals surface area contributed by atoms with Crippen molar-refractivity contribution >= 4 is 5.82 Å².